The summed E-state index contributed by atoms with van der Waals surface area (Å²) in [7, 11) is 0. The van der Waals surface area contributed by atoms with Crippen LogP contribution in [0.4, 0.5) is 0 Å². The van der Waals surface area contributed by atoms with E-state index in [4.69, 9.17) is 0 Å². The molecule has 3 atom stereocenters. The van der Waals surface area contributed by atoms with Crippen LogP contribution < -0.4 is 0 Å². The molecule has 0 unspecified atom stereocenters. The van der Waals surface area contributed by atoms with Gasteiger partial charge in [-0.05, 0) is 42.9 Å². The highest BCUT2D eigenvalue weighted by atomic mass is 16.4. The van der Waals surface area contributed by atoms with Crippen LogP contribution in [0.3, 0.4) is 0 Å². The molecule has 2 fully saturated rings. The maximum absolute atomic E-state index is 12.0. The standard InChI is InChI=1S/C16H25NO4/c1-9(2)7-11(13(18)19)17-12-8-10-5-6-16(12,14(20)21)15(10,3)4/h9-11H,5-8H2,1-4H3,(H,18,19)(H,20,21)/t10-,11+,16+/m1/s1. The zero-order chi connectivity index (χ0) is 16.0. The maximum Gasteiger partial charge on any atom is 0.328 e. The van der Waals surface area contributed by atoms with Crippen LogP contribution in [-0.4, -0.2) is 33.9 Å². The van der Waals surface area contributed by atoms with Gasteiger partial charge < -0.3 is 10.2 Å². The zero-order valence-corrected chi connectivity index (χ0v) is 13.2. The van der Waals surface area contributed by atoms with E-state index in [0.29, 0.717) is 30.9 Å². The monoisotopic (exact) mass is 295 g/mol. The summed E-state index contributed by atoms with van der Waals surface area (Å²) >= 11 is 0. The van der Waals surface area contributed by atoms with E-state index in [1.807, 2.05) is 27.7 Å². The number of aliphatic imine (C=N–C) groups is 1. The predicted molar refractivity (Wildman–Crippen MR) is 79.5 cm³/mol. The van der Waals surface area contributed by atoms with Crippen LogP contribution in [0, 0.1) is 22.7 Å². The normalized spacial score (nSPS) is 33.6. The SMILES string of the molecule is CC(C)C[C@H](N=C1C[C@H]2CC[C@]1(C(=O)O)C2(C)C)C(=O)O. The van der Waals surface area contributed by atoms with Crippen molar-refractivity contribution >= 4 is 17.7 Å². The molecule has 2 bridgehead atoms. The average Bonchev–Trinajstić information content (AvgIpc) is 2.72. The van der Waals surface area contributed by atoms with Crippen molar-refractivity contribution in [2.75, 3.05) is 0 Å². The third-order valence-corrected chi connectivity index (χ3v) is 5.58. The molecule has 2 aliphatic rings. The number of hydrogen-bond acceptors (Lipinski definition) is 3. The molecule has 0 aliphatic heterocycles. The zero-order valence-electron chi connectivity index (χ0n) is 13.2. The number of rotatable bonds is 5. The highest BCUT2D eigenvalue weighted by Gasteiger charge is 2.67. The van der Waals surface area contributed by atoms with Gasteiger partial charge in [0.05, 0.1) is 0 Å². The molecule has 0 spiro atoms. The van der Waals surface area contributed by atoms with Gasteiger partial charge in [0.15, 0.2) is 0 Å². The lowest BCUT2D eigenvalue weighted by atomic mass is 9.68. The first kappa shape index (κ1) is 16.0. The molecule has 21 heavy (non-hydrogen) atoms. The molecule has 0 aromatic carbocycles. The first-order chi connectivity index (χ1) is 9.62. The van der Waals surface area contributed by atoms with Gasteiger partial charge in [0.25, 0.3) is 0 Å². The van der Waals surface area contributed by atoms with Gasteiger partial charge in [0.2, 0.25) is 0 Å². The van der Waals surface area contributed by atoms with Crippen LogP contribution in [0.25, 0.3) is 0 Å². The Hall–Kier alpha value is -1.39. The second-order valence-corrected chi connectivity index (χ2v) is 7.43. The average molecular weight is 295 g/mol. The van der Waals surface area contributed by atoms with Gasteiger partial charge in [0.1, 0.15) is 11.5 Å². The van der Waals surface area contributed by atoms with Crippen molar-refractivity contribution in [3.63, 3.8) is 0 Å². The van der Waals surface area contributed by atoms with Crippen LogP contribution in [-0.2, 0) is 9.59 Å². The molecule has 2 saturated carbocycles. The number of carboxylic acid groups (broad SMARTS) is 2. The highest BCUT2D eigenvalue weighted by molar-refractivity contribution is 6.10. The molecule has 2 rings (SSSR count). The van der Waals surface area contributed by atoms with E-state index in [1.165, 1.54) is 0 Å². The third kappa shape index (κ3) is 2.27. The number of aliphatic carboxylic acids is 2. The number of carbonyl (C=O) groups is 2. The minimum absolute atomic E-state index is 0.211. The van der Waals surface area contributed by atoms with E-state index in [2.05, 4.69) is 4.99 Å². The van der Waals surface area contributed by atoms with Gasteiger partial charge in [-0.1, -0.05) is 27.7 Å². The van der Waals surface area contributed by atoms with Gasteiger partial charge in [-0.15, -0.1) is 0 Å². The van der Waals surface area contributed by atoms with E-state index < -0.39 is 23.4 Å². The molecule has 5 heteroatoms. The second kappa shape index (κ2) is 5.11. The van der Waals surface area contributed by atoms with Gasteiger partial charge in [-0.3, -0.25) is 9.79 Å². The smallest absolute Gasteiger partial charge is 0.328 e. The number of hydrogen-bond donors (Lipinski definition) is 2. The van der Waals surface area contributed by atoms with Gasteiger partial charge in [-0.2, -0.15) is 0 Å². The fourth-order valence-electron chi connectivity index (χ4n) is 4.22. The highest BCUT2D eigenvalue weighted by Crippen LogP contribution is 2.64. The first-order valence-corrected chi connectivity index (χ1v) is 7.66. The van der Waals surface area contributed by atoms with Crippen molar-refractivity contribution in [3.8, 4) is 0 Å². The van der Waals surface area contributed by atoms with Crippen molar-refractivity contribution in [1.29, 1.82) is 0 Å². The summed E-state index contributed by atoms with van der Waals surface area (Å²) in [6, 6.07) is -0.827. The Morgan fingerprint density at radius 1 is 1.33 bits per heavy atom. The Balaban J connectivity index is 2.41. The van der Waals surface area contributed by atoms with Crippen molar-refractivity contribution in [1.82, 2.24) is 0 Å². The van der Waals surface area contributed by atoms with Crippen molar-refractivity contribution < 1.29 is 19.8 Å². The molecule has 0 saturated heterocycles. The van der Waals surface area contributed by atoms with E-state index in [0.717, 1.165) is 6.42 Å². The summed E-state index contributed by atoms with van der Waals surface area (Å²) in [6.45, 7) is 7.88. The lowest BCUT2D eigenvalue weighted by Crippen LogP contribution is -2.44. The van der Waals surface area contributed by atoms with E-state index in [-0.39, 0.29) is 11.3 Å². The third-order valence-electron chi connectivity index (χ3n) is 5.58. The number of nitrogens with zero attached hydrogens (tertiary/aromatic N) is 1. The topological polar surface area (TPSA) is 87.0 Å². The first-order valence-electron chi connectivity index (χ1n) is 7.66. The fourth-order valence-corrected chi connectivity index (χ4v) is 4.22. The van der Waals surface area contributed by atoms with E-state index >= 15 is 0 Å². The molecule has 118 valence electrons. The van der Waals surface area contributed by atoms with Crippen molar-refractivity contribution in [3.05, 3.63) is 0 Å². The van der Waals surface area contributed by atoms with Gasteiger partial charge in [0, 0.05) is 5.71 Å². The summed E-state index contributed by atoms with van der Waals surface area (Å²) in [6.07, 6.45) is 2.54. The molecule has 2 N–H and O–H groups in total. The second-order valence-electron chi connectivity index (χ2n) is 7.43. The molecule has 5 nitrogen and oxygen atoms in total. The van der Waals surface area contributed by atoms with Crippen LogP contribution in [0.1, 0.15) is 53.4 Å². The van der Waals surface area contributed by atoms with E-state index in [9.17, 15) is 19.8 Å². The lowest BCUT2D eigenvalue weighted by molar-refractivity contribution is -0.149. The van der Waals surface area contributed by atoms with Gasteiger partial charge >= 0.3 is 11.9 Å². The van der Waals surface area contributed by atoms with Crippen LogP contribution in [0.5, 0.6) is 0 Å². The quantitative estimate of drug-likeness (QED) is 0.816. The Kier molecular flexibility index (Phi) is 3.89. The summed E-state index contributed by atoms with van der Waals surface area (Å²) in [5, 5.41) is 19.2. The Morgan fingerprint density at radius 2 is 1.95 bits per heavy atom. The molecule has 0 amide bonds. The van der Waals surface area contributed by atoms with Crippen LogP contribution in [0.15, 0.2) is 4.99 Å². The maximum atomic E-state index is 12.0. The number of fused-ring (bicyclic) bond motifs is 2. The molecule has 0 radical (unpaired) electrons. The van der Waals surface area contributed by atoms with Gasteiger partial charge in [-0.25, -0.2) is 4.79 Å². The minimum Gasteiger partial charge on any atom is -0.481 e. The van der Waals surface area contributed by atoms with Crippen molar-refractivity contribution in [2.45, 2.75) is 59.4 Å². The number of carboxylic acids is 2. The molecule has 0 aromatic heterocycles. The fraction of sp³-hybridized carbons (Fsp3) is 0.812. The van der Waals surface area contributed by atoms with E-state index in [1.54, 1.807) is 0 Å². The lowest BCUT2D eigenvalue weighted by Gasteiger charge is -2.34. The summed E-state index contributed by atoms with van der Waals surface area (Å²) in [5.74, 6) is -1.30. The minimum atomic E-state index is -0.970. The largest absolute Gasteiger partial charge is 0.481 e. The Labute approximate surface area is 125 Å². The molecular weight excluding hydrogens is 270 g/mol. The van der Waals surface area contributed by atoms with Crippen LogP contribution in [0.2, 0.25) is 0 Å². The Morgan fingerprint density at radius 3 is 2.38 bits per heavy atom. The van der Waals surface area contributed by atoms with Crippen LogP contribution >= 0.6 is 0 Å². The molecule has 0 aromatic rings. The summed E-state index contributed by atoms with van der Waals surface area (Å²) in [5.41, 5.74) is -0.717. The summed E-state index contributed by atoms with van der Waals surface area (Å²) < 4.78 is 0. The summed E-state index contributed by atoms with van der Waals surface area (Å²) in [4.78, 5) is 27.8. The molecular formula is C16H25NO4. The predicted octanol–water partition coefficient (Wildman–Crippen LogP) is 2.84. The molecule has 0 heterocycles. The molecule has 2 aliphatic carbocycles. The van der Waals surface area contributed by atoms with Crippen molar-refractivity contribution in [2.24, 2.45) is 27.7 Å². The Bertz CT molecular complexity index is 495.